The largest absolute Gasteiger partial charge is 0.497 e. The summed E-state index contributed by atoms with van der Waals surface area (Å²) in [5.74, 6) is 1.10. The molecular weight excluding hydrogens is 414 g/mol. The minimum Gasteiger partial charge on any atom is -0.497 e. The Morgan fingerprint density at radius 2 is 1.70 bits per heavy atom. The summed E-state index contributed by atoms with van der Waals surface area (Å²) in [5.41, 5.74) is 1.78. The summed E-state index contributed by atoms with van der Waals surface area (Å²) in [6.07, 6.45) is 8.96. The molecule has 0 saturated carbocycles. The van der Waals surface area contributed by atoms with Gasteiger partial charge < -0.3 is 9.47 Å². The number of carbonyl (C=O) groups excluding carboxylic acids is 1. The van der Waals surface area contributed by atoms with E-state index in [2.05, 4.69) is 17.0 Å². The Labute approximate surface area is 195 Å². The molecule has 1 amide bonds. The van der Waals surface area contributed by atoms with E-state index in [9.17, 15) is 4.79 Å². The zero-order valence-corrected chi connectivity index (χ0v) is 19.6. The highest BCUT2D eigenvalue weighted by Crippen LogP contribution is 2.15. The Morgan fingerprint density at radius 3 is 2.42 bits per heavy atom. The van der Waals surface area contributed by atoms with Gasteiger partial charge in [0.2, 0.25) is 5.88 Å². The van der Waals surface area contributed by atoms with Gasteiger partial charge in [0, 0.05) is 6.07 Å². The minimum absolute atomic E-state index is 0.214. The van der Waals surface area contributed by atoms with E-state index >= 15 is 0 Å². The van der Waals surface area contributed by atoms with Crippen LogP contribution in [0.4, 0.5) is 0 Å². The molecular formula is C27H33N3O3. The number of unbranched alkanes of at least 4 members (excludes halogenated alkanes) is 5. The van der Waals surface area contributed by atoms with Gasteiger partial charge in [-0.2, -0.15) is 5.10 Å². The van der Waals surface area contributed by atoms with Crippen LogP contribution in [-0.4, -0.2) is 29.4 Å². The molecule has 0 atom stereocenters. The fourth-order valence-corrected chi connectivity index (χ4v) is 3.49. The fourth-order valence-electron chi connectivity index (χ4n) is 3.49. The molecule has 174 valence electrons. The zero-order chi connectivity index (χ0) is 23.3. The van der Waals surface area contributed by atoms with E-state index in [1.54, 1.807) is 24.1 Å². The molecule has 6 heteroatoms. The van der Waals surface area contributed by atoms with Crippen molar-refractivity contribution in [1.29, 1.82) is 0 Å². The van der Waals surface area contributed by atoms with E-state index in [0.29, 0.717) is 17.8 Å². The minimum atomic E-state index is -0.235. The molecule has 6 nitrogen and oxygen atoms in total. The summed E-state index contributed by atoms with van der Waals surface area (Å²) in [5, 5.41) is 4.99. The summed E-state index contributed by atoms with van der Waals surface area (Å²) >= 11 is 0. The second-order valence-corrected chi connectivity index (χ2v) is 7.95. The second-order valence-electron chi connectivity index (χ2n) is 7.95. The third-order valence-electron chi connectivity index (χ3n) is 5.30. The first-order valence-electron chi connectivity index (χ1n) is 11.7. The van der Waals surface area contributed by atoms with Crippen molar-refractivity contribution in [1.82, 2.24) is 9.78 Å². The van der Waals surface area contributed by atoms with Gasteiger partial charge in [-0.3, -0.25) is 4.79 Å². The Morgan fingerprint density at radius 1 is 0.970 bits per heavy atom. The van der Waals surface area contributed by atoms with Crippen molar-refractivity contribution in [2.24, 2.45) is 4.99 Å². The lowest BCUT2D eigenvalue weighted by Crippen LogP contribution is -2.16. The number of hydrogen-bond acceptors (Lipinski definition) is 4. The van der Waals surface area contributed by atoms with Gasteiger partial charge in [0.25, 0.3) is 5.91 Å². The predicted octanol–water partition coefficient (Wildman–Crippen LogP) is 5.29. The van der Waals surface area contributed by atoms with Gasteiger partial charge in [-0.1, -0.05) is 69.4 Å². The summed E-state index contributed by atoms with van der Waals surface area (Å²) in [7, 11) is 1.62. The third kappa shape index (κ3) is 7.90. The topological polar surface area (TPSA) is 65.7 Å². The van der Waals surface area contributed by atoms with E-state index in [1.807, 2.05) is 54.6 Å². The average Bonchev–Trinajstić information content (AvgIpc) is 2.84. The number of ether oxygens (including phenoxy) is 2. The molecule has 3 rings (SSSR count). The number of nitrogens with zero attached hydrogens (tertiary/aromatic N) is 3. The van der Waals surface area contributed by atoms with E-state index in [4.69, 9.17) is 9.47 Å². The predicted molar refractivity (Wildman–Crippen MR) is 130 cm³/mol. The van der Waals surface area contributed by atoms with Crippen molar-refractivity contribution in [3.63, 3.8) is 0 Å². The monoisotopic (exact) mass is 447 g/mol. The number of aromatic nitrogens is 2. The van der Waals surface area contributed by atoms with Gasteiger partial charge in [0.05, 0.1) is 37.4 Å². The van der Waals surface area contributed by atoms with Crippen molar-refractivity contribution in [3.8, 4) is 17.3 Å². The summed E-state index contributed by atoms with van der Waals surface area (Å²) < 4.78 is 13.0. The van der Waals surface area contributed by atoms with E-state index in [1.165, 1.54) is 25.7 Å². The summed E-state index contributed by atoms with van der Waals surface area (Å²) in [6.45, 7) is 2.82. The Balaban J connectivity index is 1.72. The quantitative estimate of drug-likeness (QED) is 0.354. The SMILES string of the molecule is CCCCCCCCOc1cc(=NC(=O)Cc2ccc(OC)cc2)cnn1-c1ccccc1. The molecule has 0 aliphatic rings. The van der Waals surface area contributed by atoms with Crippen LogP contribution in [-0.2, 0) is 11.2 Å². The maximum absolute atomic E-state index is 12.5. The standard InChI is InChI=1S/C27H33N3O3/c1-3-4-5-6-7-11-18-33-27-20-23(21-28-30(27)24-12-9-8-10-13-24)29-26(31)19-22-14-16-25(32-2)17-15-22/h8-10,12-17,20-21H,3-7,11,18-19H2,1-2H3. The zero-order valence-electron chi connectivity index (χ0n) is 19.6. The Kier molecular flexibility index (Phi) is 9.70. The molecule has 0 spiro atoms. The molecule has 0 radical (unpaired) electrons. The number of amides is 1. The molecule has 3 aromatic rings. The lowest BCUT2D eigenvalue weighted by atomic mass is 10.1. The maximum Gasteiger partial charge on any atom is 0.250 e. The molecule has 0 bridgehead atoms. The lowest BCUT2D eigenvalue weighted by molar-refractivity contribution is -0.117. The van der Waals surface area contributed by atoms with E-state index in [-0.39, 0.29) is 12.3 Å². The first kappa shape index (κ1) is 24.2. The van der Waals surface area contributed by atoms with Crippen LogP contribution >= 0.6 is 0 Å². The smallest absolute Gasteiger partial charge is 0.250 e. The van der Waals surface area contributed by atoms with Gasteiger partial charge in [0.1, 0.15) is 5.75 Å². The van der Waals surface area contributed by atoms with Crippen molar-refractivity contribution >= 4 is 5.91 Å². The normalized spacial score (nSPS) is 11.4. The van der Waals surface area contributed by atoms with Crippen molar-refractivity contribution in [2.45, 2.75) is 51.9 Å². The summed E-state index contributed by atoms with van der Waals surface area (Å²) in [4.78, 5) is 16.8. The van der Waals surface area contributed by atoms with Crippen LogP contribution in [0.1, 0.15) is 51.0 Å². The second kappa shape index (κ2) is 13.2. The molecule has 0 saturated heterocycles. The highest BCUT2D eigenvalue weighted by atomic mass is 16.5. The molecule has 33 heavy (non-hydrogen) atoms. The first-order chi connectivity index (χ1) is 16.2. The van der Waals surface area contributed by atoms with Gasteiger partial charge in [-0.25, -0.2) is 9.67 Å². The van der Waals surface area contributed by atoms with Gasteiger partial charge in [0.15, 0.2) is 0 Å². The molecule has 2 aromatic carbocycles. The molecule has 0 N–H and O–H groups in total. The van der Waals surface area contributed by atoms with E-state index < -0.39 is 0 Å². The van der Waals surface area contributed by atoms with Crippen LogP contribution < -0.4 is 14.8 Å². The Hall–Kier alpha value is -3.41. The molecule has 0 aliphatic carbocycles. The highest BCUT2D eigenvalue weighted by molar-refractivity contribution is 5.79. The van der Waals surface area contributed by atoms with Crippen LogP contribution in [0, 0.1) is 0 Å². The number of rotatable bonds is 12. The Bertz CT molecular complexity index is 1060. The van der Waals surface area contributed by atoms with Crippen LogP contribution in [0.2, 0.25) is 0 Å². The molecule has 0 fully saturated rings. The van der Waals surface area contributed by atoms with Gasteiger partial charge in [-0.05, 0) is 36.2 Å². The van der Waals surface area contributed by atoms with Crippen molar-refractivity contribution in [2.75, 3.05) is 13.7 Å². The molecule has 1 aromatic heterocycles. The van der Waals surface area contributed by atoms with Crippen molar-refractivity contribution < 1.29 is 14.3 Å². The first-order valence-corrected chi connectivity index (χ1v) is 11.7. The van der Waals surface area contributed by atoms with Gasteiger partial charge >= 0.3 is 0 Å². The van der Waals surface area contributed by atoms with Gasteiger partial charge in [-0.15, -0.1) is 0 Å². The summed E-state index contributed by atoms with van der Waals surface area (Å²) in [6, 6.07) is 19.0. The number of hydrogen-bond donors (Lipinski definition) is 0. The third-order valence-corrected chi connectivity index (χ3v) is 5.30. The number of methoxy groups -OCH3 is 1. The van der Waals surface area contributed by atoms with Crippen LogP contribution in [0.25, 0.3) is 5.69 Å². The lowest BCUT2D eigenvalue weighted by Gasteiger charge is -2.13. The average molecular weight is 448 g/mol. The van der Waals surface area contributed by atoms with Crippen LogP contribution in [0.15, 0.2) is 71.9 Å². The fraction of sp³-hybridized carbons (Fsp3) is 0.370. The van der Waals surface area contributed by atoms with Crippen LogP contribution in [0.5, 0.6) is 11.6 Å². The van der Waals surface area contributed by atoms with E-state index in [0.717, 1.165) is 29.8 Å². The molecule has 0 unspecified atom stereocenters. The number of carbonyl (C=O) groups is 1. The highest BCUT2D eigenvalue weighted by Gasteiger charge is 2.07. The number of benzene rings is 2. The number of para-hydroxylation sites is 1. The van der Waals surface area contributed by atoms with Crippen molar-refractivity contribution in [3.05, 3.63) is 77.8 Å². The maximum atomic E-state index is 12.5. The molecule has 0 aliphatic heterocycles. The molecule has 1 heterocycles. The van der Waals surface area contributed by atoms with Crippen LogP contribution in [0.3, 0.4) is 0 Å².